The maximum atomic E-state index is 13.1. The van der Waals surface area contributed by atoms with Gasteiger partial charge in [0.25, 0.3) is 11.8 Å². The number of aromatic nitrogens is 1. The van der Waals surface area contributed by atoms with E-state index in [0.29, 0.717) is 28.1 Å². The smallest absolute Gasteiger partial charge is 0.323 e. The fourth-order valence-corrected chi connectivity index (χ4v) is 5.23. The quantitative estimate of drug-likeness (QED) is 0.276. The highest BCUT2D eigenvalue weighted by Crippen LogP contribution is 2.31. The van der Waals surface area contributed by atoms with E-state index in [0.717, 1.165) is 37.6 Å². The lowest BCUT2D eigenvalue weighted by Gasteiger charge is -2.28. The molecule has 3 aromatic rings. The van der Waals surface area contributed by atoms with Crippen molar-refractivity contribution in [2.45, 2.75) is 12.1 Å². The summed E-state index contributed by atoms with van der Waals surface area (Å²) in [5, 5.41) is 18.7. The number of ether oxygens (including phenoxy) is 1. The highest BCUT2D eigenvalue weighted by atomic mass is 16.5. The van der Waals surface area contributed by atoms with Gasteiger partial charge in [-0.2, -0.15) is 0 Å². The van der Waals surface area contributed by atoms with Crippen LogP contribution in [0, 0.1) is 11.8 Å². The number of fused-ring (bicyclic) bond motifs is 1. The van der Waals surface area contributed by atoms with Crippen LogP contribution < -0.4 is 25.6 Å². The van der Waals surface area contributed by atoms with Crippen LogP contribution in [0.4, 0.5) is 10.6 Å². The van der Waals surface area contributed by atoms with E-state index in [1.54, 1.807) is 42.5 Å². The van der Waals surface area contributed by atoms with Crippen LogP contribution in [-0.4, -0.2) is 78.2 Å². The van der Waals surface area contributed by atoms with E-state index in [4.69, 9.17) is 9.72 Å². The van der Waals surface area contributed by atoms with Gasteiger partial charge in [0.1, 0.15) is 23.0 Å². The number of piperazine rings is 1. The van der Waals surface area contributed by atoms with E-state index in [1.165, 1.54) is 12.0 Å². The highest BCUT2D eigenvalue weighted by Gasteiger charge is 2.48. The fraction of sp³-hybridized carbons (Fsp3) is 0.267. The summed E-state index contributed by atoms with van der Waals surface area (Å²) in [6.07, 6.45) is 0. The number of aromatic hydroxyl groups is 1. The first-order valence-electron chi connectivity index (χ1n) is 13.2. The van der Waals surface area contributed by atoms with Gasteiger partial charge in [-0.1, -0.05) is 30.0 Å². The lowest BCUT2D eigenvalue weighted by atomic mass is 9.98. The zero-order valence-electron chi connectivity index (χ0n) is 22.4. The molecule has 1 unspecified atom stereocenters. The summed E-state index contributed by atoms with van der Waals surface area (Å²) >= 11 is 0. The van der Waals surface area contributed by atoms with Gasteiger partial charge < -0.3 is 30.3 Å². The molecule has 4 amide bonds. The number of hydrogen-bond acceptors (Lipinski definition) is 8. The van der Waals surface area contributed by atoms with Gasteiger partial charge in [-0.3, -0.25) is 14.9 Å². The van der Waals surface area contributed by atoms with Crippen molar-refractivity contribution < 1.29 is 24.2 Å². The minimum atomic E-state index is -1.62. The van der Waals surface area contributed by atoms with Crippen molar-refractivity contribution in [1.82, 2.24) is 25.8 Å². The molecular weight excluding hydrogens is 524 g/mol. The van der Waals surface area contributed by atoms with Crippen molar-refractivity contribution in [1.29, 1.82) is 0 Å². The molecule has 4 heterocycles. The third-order valence-corrected chi connectivity index (χ3v) is 7.44. The van der Waals surface area contributed by atoms with Gasteiger partial charge in [-0.05, 0) is 42.0 Å². The molecule has 2 aromatic carbocycles. The average molecular weight is 553 g/mol. The Balaban J connectivity index is 1.24. The number of urea groups is 1. The third kappa shape index (κ3) is 5.01. The van der Waals surface area contributed by atoms with Crippen LogP contribution in [-0.2, 0) is 11.3 Å². The van der Waals surface area contributed by atoms with Crippen LogP contribution in [0.2, 0.25) is 0 Å². The number of anilines is 1. The van der Waals surface area contributed by atoms with Crippen molar-refractivity contribution >= 4 is 23.7 Å². The molecule has 11 heteroatoms. The summed E-state index contributed by atoms with van der Waals surface area (Å²) in [7, 11) is 1.53. The summed E-state index contributed by atoms with van der Waals surface area (Å²) in [4.78, 5) is 46.6. The molecule has 3 aliphatic heterocycles. The second-order valence-electron chi connectivity index (χ2n) is 10.1. The van der Waals surface area contributed by atoms with E-state index < -0.39 is 17.5 Å². The highest BCUT2D eigenvalue weighted by molar-refractivity contribution is 6.10. The number of benzene rings is 2. The first-order chi connectivity index (χ1) is 19.8. The summed E-state index contributed by atoms with van der Waals surface area (Å²) in [5.74, 6) is 6.44. The molecule has 11 nitrogen and oxygen atoms in total. The SMILES string of the molecule is COc1ccc2c(c1)C(=O)N(CC1(C#Cc3ccc(-c4nc(N5CCNCC5)ccc4O)cc3)NC(=O)NC1=O)C2. The Morgan fingerprint density at radius 1 is 1.05 bits per heavy atom. The number of carbonyl (C=O) groups excluding carboxylic acids is 3. The molecule has 0 aliphatic carbocycles. The molecule has 2 fully saturated rings. The Morgan fingerprint density at radius 3 is 2.54 bits per heavy atom. The minimum Gasteiger partial charge on any atom is -0.506 e. The van der Waals surface area contributed by atoms with Gasteiger partial charge in [0.15, 0.2) is 0 Å². The maximum absolute atomic E-state index is 13.1. The average Bonchev–Trinajstić information content (AvgIpc) is 3.46. The first-order valence-corrected chi connectivity index (χ1v) is 13.2. The van der Waals surface area contributed by atoms with Gasteiger partial charge in [0.2, 0.25) is 5.54 Å². The predicted octanol–water partition coefficient (Wildman–Crippen LogP) is 1.46. The lowest BCUT2D eigenvalue weighted by molar-refractivity contribution is -0.122. The van der Waals surface area contributed by atoms with Crippen LogP contribution >= 0.6 is 0 Å². The van der Waals surface area contributed by atoms with Crippen molar-refractivity contribution in [2.75, 3.05) is 44.7 Å². The van der Waals surface area contributed by atoms with Crippen molar-refractivity contribution in [3.8, 4) is 34.6 Å². The number of methoxy groups -OCH3 is 1. The Kier molecular flexibility index (Phi) is 6.69. The van der Waals surface area contributed by atoms with Gasteiger partial charge in [-0.15, -0.1) is 0 Å². The second kappa shape index (κ2) is 10.5. The monoisotopic (exact) mass is 552 g/mol. The standard InChI is InChI=1S/C30H28N6O5/c1-41-22-7-6-21-17-36(27(38)23(21)16-22)18-30(28(39)33-29(40)34-30)11-10-19-2-4-20(5-3-19)26-24(37)8-9-25(32-26)35-14-12-31-13-15-35/h2-9,16,31,37H,12-15,17-18H2,1H3,(H2,33,34,39,40). The van der Waals surface area contributed by atoms with Crippen LogP contribution in [0.1, 0.15) is 21.5 Å². The van der Waals surface area contributed by atoms with Crippen LogP contribution in [0.3, 0.4) is 0 Å². The number of hydrogen-bond donors (Lipinski definition) is 4. The number of pyridine rings is 1. The van der Waals surface area contributed by atoms with Gasteiger partial charge in [0.05, 0.1) is 13.7 Å². The summed E-state index contributed by atoms with van der Waals surface area (Å²) in [6, 6.07) is 15.1. The zero-order valence-corrected chi connectivity index (χ0v) is 22.4. The Bertz CT molecular complexity index is 1610. The first kappa shape index (κ1) is 26.2. The number of amides is 4. The van der Waals surface area contributed by atoms with Crippen molar-refractivity contribution in [2.24, 2.45) is 0 Å². The molecular formula is C30H28N6O5. The van der Waals surface area contributed by atoms with E-state index in [-0.39, 0.29) is 24.7 Å². The molecule has 0 radical (unpaired) electrons. The lowest BCUT2D eigenvalue weighted by Crippen LogP contribution is -2.54. The van der Waals surface area contributed by atoms with Crippen LogP contribution in [0.5, 0.6) is 11.5 Å². The maximum Gasteiger partial charge on any atom is 0.323 e. The molecule has 0 spiro atoms. The Morgan fingerprint density at radius 2 is 1.83 bits per heavy atom. The molecule has 6 rings (SSSR count). The van der Waals surface area contributed by atoms with E-state index in [1.807, 2.05) is 12.1 Å². The summed E-state index contributed by atoms with van der Waals surface area (Å²) in [5.41, 5.74) is 1.43. The Hall–Kier alpha value is -5.08. The number of rotatable bonds is 5. The molecule has 0 bridgehead atoms. The molecule has 1 aromatic heterocycles. The molecule has 1 atom stereocenters. The molecule has 2 saturated heterocycles. The van der Waals surface area contributed by atoms with Crippen LogP contribution in [0.25, 0.3) is 11.3 Å². The van der Waals surface area contributed by atoms with Gasteiger partial charge in [0, 0.05) is 49.4 Å². The summed E-state index contributed by atoms with van der Waals surface area (Å²) in [6.45, 7) is 3.57. The second-order valence-corrected chi connectivity index (χ2v) is 10.1. The van der Waals surface area contributed by atoms with Crippen LogP contribution in [0.15, 0.2) is 54.6 Å². The molecule has 4 N–H and O–H groups in total. The molecule has 3 aliphatic rings. The van der Waals surface area contributed by atoms with E-state index >= 15 is 0 Å². The van der Waals surface area contributed by atoms with Gasteiger partial charge in [-0.25, -0.2) is 9.78 Å². The molecule has 0 saturated carbocycles. The molecule has 208 valence electrons. The molecule has 41 heavy (non-hydrogen) atoms. The number of imide groups is 1. The van der Waals surface area contributed by atoms with E-state index in [9.17, 15) is 19.5 Å². The number of nitrogens with one attached hydrogen (secondary N) is 3. The largest absolute Gasteiger partial charge is 0.506 e. The fourth-order valence-electron chi connectivity index (χ4n) is 5.23. The van der Waals surface area contributed by atoms with Crippen molar-refractivity contribution in [3.05, 3.63) is 71.3 Å². The normalized spacial score (nSPS) is 19.8. The number of carbonyl (C=O) groups is 3. The van der Waals surface area contributed by atoms with Crippen molar-refractivity contribution in [3.63, 3.8) is 0 Å². The zero-order chi connectivity index (χ0) is 28.6. The topological polar surface area (TPSA) is 136 Å². The number of nitrogens with zero attached hydrogens (tertiary/aromatic N) is 3. The van der Waals surface area contributed by atoms with Gasteiger partial charge >= 0.3 is 6.03 Å². The minimum absolute atomic E-state index is 0.0703. The Labute approximate surface area is 236 Å². The summed E-state index contributed by atoms with van der Waals surface area (Å²) < 4.78 is 5.24. The van der Waals surface area contributed by atoms with E-state index in [2.05, 4.69) is 32.7 Å². The predicted molar refractivity (Wildman–Crippen MR) is 150 cm³/mol. The third-order valence-electron chi connectivity index (χ3n) is 7.44.